The van der Waals surface area contributed by atoms with Crippen LogP contribution < -0.4 is 0 Å². The molecular formula is C13H12N2O4. The molecule has 1 saturated heterocycles. The van der Waals surface area contributed by atoms with Crippen LogP contribution in [0.25, 0.3) is 10.9 Å². The average Bonchev–Trinajstić information content (AvgIpc) is 3.06. The number of hydrogen-bond acceptors (Lipinski definition) is 4. The van der Waals surface area contributed by atoms with E-state index in [4.69, 9.17) is 4.74 Å². The summed E-state index contributed by atoms with van der Waals surface area (Å²) in [5.41, 5.74) is 1.20. The molecule has 0 saturated carbocycles. The number of nitro groups is 1. The molecule has 19 heavy (non-hydrogen) atoms. The van der Waals surface area contributed by atoms with E-state index in [2.05, 4.69) is 4.98 Å². The number of nitro benzene ring substituents is 1. The lowest BCUT2D eigenvalue weighted by atomic mass is 9.97. The van der Waals surface area contributed by atoms with Crippen molar-refractivity contribution in [2.24, 2.45) is 5.92 Å². The van der Waals surface area contributed by atoms with Crippen LogP contribution in [0.3, 0.4) is 0 Å². The number of ketones is 1. The number of ether oxygens (including phenoxy) is 1. The van der Waals surface area contributed by atoms with Crippen molar-refractivity contribution in [3.05, 3.63) is 40.1 Å². The number of aromatic amines is 1. The maximum atomic E-state index is 12.3. The zero-order chi connectivity index (χ0) is 13.4. The number of fused-ring (bicyclic) bond motifs is 1. The molecule has 1 aromatic carbocycles. The van der Waals surface area contributed by atoms with E-state index in [1.54, 1.807) is 12.3 Å². The number of carbonyl (C=O) groups is 1. The van der Waals surface area contributed by atoms with E-state index >= 15 is 0 Å². The number of hydrogen-bond donors (Lipinski definition) is 1. The Kier molecular flexibility index (Phi) is 2.79. The molecule has 1 aliphatic heterocycles. The number of Topliss-reactive ketones (excluding diaryl/α,β-unsaturated/α-hetero) is 1. The molecule has 6 heteroatoms. The highest BCUT2D eigenvalue weighted by molar-refractivity contribution is 6.09. The summed E-state index contributed by atoms with van der Waals surface area (Å²) < 4.78 is 5.22. The van der Waals surface area contributed by atoms with Gasteiger partial charge in [0, 0.05) is 41.8 Å². The highest BCUT2D eigenvalue weighted by atomic mass is 16.6. The molecule has 0 aliphatic carbocycles. The van der Waals surface area contributed by atoms with Crippen molar-refractivity contribution in [2.75, 3.05) is 13.2 Å². The number of carbonyl (C=O) groups excluding carboxylic acids is 1. The van der Waals surface area contributed by atoms with Crippen LogP contribution in [0.5, 0.6) is 0 Å². The third-order valence-electron chi connectivity index (χ3n) is 3.44. The Morgan fingerprint density at radius 2 is 2.32 bits per heavy atom. The molecule has 6 nitrogen and oxygen atoms in total. The summed E-state index contributed by atoms with van der Waals surface area (Å²) in [6.07, 6.45) is 2.35. The molecule has 1 aromatic heterocycles. The van der Waals surface area contributed by atoms with E-state index in [-0.39, 0.29) is 17.4 Å². The zero-order valence-electron chi connectivity index (χ0n) is 10.1. The standard InChI is InChI=1S/C13H12N2O4/c16-13(8-3-4-19-7-8)11-6-14-12-5-9(15(17)18)1-2-10(11)12/h1-2,5-6,8,14H,3-4,7H2. The lowest BCUT2D eigenvalue weighted by Crippen LogP contribution is -2.14. The van der Waals surface area contributed by atoms with Crippen molar-refractivity contribution in [3.8, 4) is 0 Å². The molecule has 0 radical (unpaired) electrons. The smallest absolute Gasteiger partial charge is 0.271 e. The van der Waals surface area contributed by atoms with Crippen molar-refractivity contribution in [3.63, 3.8) is 0 Å². The molecule has 2 heterocycles. The minimum atomic E-state index is -0.452. The second-order valence-electron chi connectivity index (χ2n) is 4.61. The van der Waals surface area contributed by atoms with Gasteiger partial charge in [-0.05, 0) is 12.5 Å². The Morgan fingerprint density at radius 1 is 1.47 bits per heavy atom. The van der Waals surface area contributed by atoms with Crippen molar-refractivity contribution in [1.82, 2.24) is 4.98 Å². The number of aromatic nitrogens is 1. The largest absolute Gasteiger partial charge is 0.381 e. The molecule has 1 atom stereocenters. The number of non-ortho nitro benzene ring substituents is 1. The SMILES string of the molecule is O=C(c1c[nH]c2cc([N+](=O)[O-])ccc12)C1CCOC1. The molecule has 98 valence electrons. The molecule has 1 fully saturated rings. The van der Waals surface area contributed by atoms with Gasteiger partial charge in [0.25, 0.3) is 5.69 Å². The van der Waals surface area contributed by atoms with Gasteiger partial charge in [0.2, 0.25) is 0 Å². The average molecular weight is 260 g/mol. The lowest BCUT2D eigenvalue weighted by molar-refractivity contribution is -0.384. The van der Waals surface area contributed by atoms with E-state index < -0.39 is 4.92 Å². The fourth-order valence-corrected chi connectivity index (χ4v) is 2.39. The minimum Gasteiger partial charge on any atom is -0.381 e. The molecule has 1 aliphatic rings. The lowest BCUT2D eigenvalue weighted by Gasteiger charge is -2.04. The van der Waals surface area contributed by atoms with Crippen LogP contribution in [0.15, 0.2) is 24.4 Å². The first-order valence-corrected chi connectivity index (χ1v) is 6.04. The maximum Gasteiger partial charge on any atom is 0.271 e. The summed E-state index contributed by atoms with van der Waals surface area (Å²) in [7, 11) is 0. The van der Waals surface area contributed by atoms with E-state index in [0.29, 0.717) is 24.3 Å². The first-order chi connectivity index (χ1) is 9.16. The summed E-state index contributed by atoms with van der Waals surface area (Å²) in [4.78, 5) is 25.5. The summed E-state index contributed by atoms with van der Waals surface area (Å²) in [5, 5.41) is 11.4. The third kappa shape index (κ3) is 2.00. The number of benzene rings is 1. The Morgan fingerprint density at radius 3 is 3.00 bits per heavy atom. The van der Waals surface area contributed by atoms with Gasteiger partial charge in [-0.25, -0.2) is 0 Å². The number of nitrogens with one attached hydrogen (secondary N) is 1. The van der Waals surface area contributed by atoms with E-state index in [0.717, 1.165) is 11.8 Å². The third-order valence-corrected chi connectivity index (χ3v) is 3.44. The van der Waals surface area contributed by atoms with Gasteiger partial charge < -0.3 is 9.72 Å². The van der Waals surface area contributed by atoms with Gasteiger partial charge in [0.1, 0.15) is 0 Å². The van der Waals surface area contributed by atoms with Crippen LogP contribution in [0, 0.1) is 16.0 Å². The monoisotopic (exact) mass is 260 g/mol. The van der Waals surface area contributed by atoms with Crippen molar-refractivity contribution in [1.29, 1.82) is 0 Å². The number of nitrogens with zero attached hydrogens (tertiary/aromatic N) is 1. The molecule has 0 amide bonds. The fraction of sp³-hybridized carbons (Fsp3) is 0.308. The van der Waals surface area contributed by atoms with Crippen LogP contribution >= 0.6 is 0 Å². The van der Waals surface area contributed by atoms with E-state index in [1.165, 1.54) is 12.1 Å². The van der Waals surface area contributed by atoms with Gasteiger partial charge in [-0.1, -0.05) is 0 Å². The van der Waals surface area contributed by atoms with Crippen LogP contribution in [-0.4, -0.2) is 28.9 Å². The predicted molar refractivity (Wildman–Crippen MR) is 68.2 cm³/mol. The normalized spacial score (nSPS) is 18.8. The van der Waals surface area contributed by atoms with Crippen LogP contribution in [0.2, 0.25) is 0 Å². The van der Waals surface area contributed by atoms with E-state index in [1.807, 2.05) is 0 Å². The molecular weight excluding hydrogens is 248 g/mol. The van der Waals surface area contributed by atoms with E-state index in [9.17, 15) is 14.9 Å². The predicted octanol–water partition coefficient (Wildman–Crippen LogP) is 2.30. The molecule has 1 unspecified atom stereocenters. The van der Waals surface area contributed by atoms with Gasteiger partial charge in [0.15, 0.2) is 5.78 Å². The summed E-state index contributed by atoms with van der Waals surface area (Å²) >= 11 is 0. The summed E-state index contributed by atoms with van der Waals surface area (Å²) in [6, 6.07) is 4.47. The van der Waals surface area contributed by atoms with Gasteiger partial charge in [-0.15, -0.1) is 0 Å². The van der Waals surface area contributed by atoms with Gasteiger partial charge in [0.05, 0.1) is 17.0 Å². The van der Waals surface area contributed by atoms with Gasteiger partial charge in [-0.2, -0.15) is 0 Å². The quantitative estimate of drug-likeness (QED) is 0.521. The molecule has 3 rings (SSSR count). The van der Waals surface area contributed by atoms with Crippen LogP contribution in [-0.2, 0) is 4.74 Å². The van der Waals surface area contributed by atoms with Gasteiger partial charge >= 0.3 is 0 Å². The zero-order valence-corrected chi connectivity index (χ0v) is 10.1. The second kappa shape index (κ2) is 4.47. The number of rotatable bonds is 3. The topological polar surface area (TPSA) is 85.2 Å². The molecule has 0 spiro atoms. The molecule has 1 N–H and O–H groups in total. The highest BCUT2D eigenvalue weighted by Crippen LogP contribution is 2.27. The Labute approximate surface area is 108 Å². The van der Waals surface area contributed by atoms with Crippen LogP contribution in [0.1, 0.15) is 16.8 Å². The summed E-state index contributed by atoms with van der Waals surface area (Å²) in [6.45, 7) is 1.07. The molecule has 0 bridgehead atoms. The Hall–Kier alpha value is -2.21. The highest BCUT2D eigenvalue weighted by Gasteiger charge is 2.26. The fourth-order valence-electron chi connectivity index (χ4n) is 2.39. The van der Waals surface area contributed by atoms with Crippen LogP contribution in [0.4, 0.5) is 5.69 Å². The van der Waals surface area contributed by atoms with Crippen molar-refractivity contribution >= 4 is 22.4 Å². The first-order valence-electron chi connectivity index (χ1n) is 6.04. The van der Waals surface area contributed by atoms with Gasteiger partial charge in [-0.3, -0.25) is 14.9 Å². The first kappa shape index (κ1) is 11.9. The summed E-state index contributed by atoms with van der Waals surface area (Å²) in [5.74, 6) is -0.0632. The Balaban J connectivity index is 2.00. The maximum absolute atomic E-state index is 12.3. The second-order valence-corrected chi connectivity index (χ2v) is 4.61. The minimum absolute atomic E-state index is 0.0116. The Bertz CT molecular complexity index is 656. The van der Waals surface area contributed by atoms with Crippen molar-refractivity contribution < 1.29 is 14.5 Å². The molecule has 2 aromatic rings. The number of H-pyrrole nitrogens is 1. The van der Waals surface area contributed by atoms with Crippen molar-refractivity contribution in [2.45, 2.75) is 6.42 Å².